The Hall–Kier alpha value is -0.750. The third-order valence-corrected chi connectivity index (χ3v) is 3.06. The third kappa shape index (κ3) is 3.62. The highest BCUT2D eigenvalue weighted by atomic mass is 79.9. The minimum absolute atomic E-state index is 0.00853. The number of hydrogen-bond acceptors (Lipinski definition) is 2. The normalized spacial score (nSPS) is 13.3. The minimum Gasteiger partial charge on any atom is -0.484 e. The molecule has 0 spiro atoms. The molecule has 0 aliphatic rings. The predicted molar refractivity (Wildman–Crippen MR) is 65.0 cm³/mol. The van der Waals surface area contributed by atoms with Crippen molar-refractivity contribution in [3.63, 3.8) is 0 Å². The molecule has 0 saturated carbocycles. The summed E-state index contributed by atoms with van der Waals surface area (Å²) in [5, 5.41) is -0.983. The Balaban J connectivity index is 3.15. The van der Waals surface area contributed by atoms with Crippen molar-refractivity contribution in [3.05, 3.63) is 28.0 Å². The Morgan fingerprint density at radius 3 is 2.50 bits per heavy atom. The van der Waals surface area contributed by atoms with E-state index in [1.807, 2.05) is 0 Å². The first-order chi connectivity index (χ1) is 8.12. The van der Waals surface area contributed by atoms with Gasteiger partial charge in [-0.2, -0.15) is 0 Å². The Bertz CT molecular complexity index is 474. The summed E-state index contributed by atoms with van der Waals surface area (Å²) in [7, 11) is 0. The molecule has 0 heterocycles. The number of halogens is 5. The summed E-state index contributed by atoms with van der Waals surface area (Å²) < 4.78 is 44.1. The molecule has 1 aromatic carbocycles. The van der Waals surface area contributed by atoms with Crippen LogP contribution in [0, 0.1) is 5.82 Å². The van der Waals surface area contributed by atoms with Crippen molar-refractivity contribution < 1.29 is 22.7 Å². The Morgan fingerprint density at radius 1 is 1.50 bits per heavy atom. The quantitative estimate of drug-likeness (QED) is 0.757. The Kier molecular flexibility index (Phi) is 4.66. The predicted octanol–water partition coefficient (Wildman–Crippen LogP) is 4.39. The molecule has 0 radical (unpaired) electrons. The smallest absolute Gasteiger partial charge is 0.281 e. The monoisotopic (exact) mass is 344 g/mol. The lowest BCUT2D eigenvalue weighted by molar-refractivity contribution is -0.0719. The SMILES string of the molecule is CC(Oc1cc(Br)c(F)cc1C(=O)Cl)C(C)(F)F. The van der Waals surface area contributed by atoms with Crippen LogP contribution in [0.25, 0.3) is 0 Å². The van der Waals surface area contributed by atoms with Crippen molar-refractivity contribution in [2.75, 3.05) is 0 Å². The van der Waals surface area contributed by atoms with E-state index < -0.39 is 23.1 Å². The molecule has 0 fully saturated rings. The molecule has 0 aromatic heterocycles. The molecular formula is C11H9BrClF3O2. The van der Waals surface area contributed by atoms with Gasteiger partial charge in [-0.1, -0.05) is 0 Å². The van der Waals surface area contributed by atoms with Gasteiger partial charge in [-0.05, 0) is 46.6 Å². The molecule has 0 aliphatic heterocycles. The van der Waals surface area contributed by atoms with E-state index in [9.17, 15) is 18.0 Å². The standard InChI is InChI=1S/C11H9BrClF3O2/c1-5(11(2,15)16)18-9-4-7(12)8(14)3-6(9)10(13)17/h3-5H,1-2H3. The summed E-state index contributed by atoms with van der Waals surface area (Å²) >= 11 is 8.11. The average Bonchev–Trinajstić information content (AvgIpc) is 2.21. The van der Waals surface area contributed by atoms with Crippen molar-refractivity contribution in [2.45, 2.75) is 25.9 Å². The molecule has 0 saturated heterocycles. The molecule has 0 aliphatic carbocycles. The molecule has 1 unspecified atom stereocenters. The first kappa shape index (κ1) is 15.3. The van der Waals surface area contributed by atoms with Crippen LogP contribution in [0.15, 0.2) is 16.6 Å². The van der Waals surface area contributed by atoms with Gasteiger partial charge in [-0.25, -0.2) is 13.2 Å². The highest BCUT2D eigenvalue weighted by molar-refractivity contribution is 9.10. The van der Waals surface area contributed by atoms with Gasteiger partial charge in [-0.3, -0.25) is 4.79 Å². The van der Waals surface area contributed by atoms with Crippen LogP contribution < -0.4 is 4.74 Å². The van der Waals surface area contributed by atoms with Crippen LogP contribution in [-0.2, 0) is 0 Å². The van der Waals surface area contributed by atoms with E-state index in [1.165, 1.54) is 0 Å². The maximum atomic E-state index is 13.2. The van der Waals surface area contributed by atoms with Crippen LogP contribution in [0.2, 0.25) is 0 Å². The van der Waals surface area contributed by atoms with Crippen molar-refractivity contribution in [2.24, 2.45) is 0 Å². The van der Waals surface area contributed by atoms with Gasteiger partial charge < -0.3 is 4.74 Å². The molecule has 18 heavy (non-hydrogen) atoms. The summed E-state index contributed by atoms with van der Waals surface area (Å²) in [6.07, 6.45) is -1.48. The second kappa shape index (κ2) is 5.48. The molecule has 0 amide bonds. The van der Waals surface area contributed by atoms with Gasteiger partial charge in [0.1, 0.15) is 11.6 Å². The lowest BCUT2D eigenvalue weighted by atomic mass is 10.2. The zero-order valence-electron chi connectivity index (χ0n) is 9.44. The van der Waals surface area contributed by atoms with E-state index in [0.717, 1.165) is 19.1 Å². The lowest BCUT2D eigenvalue weighted by Crippen LogP contribution is -2.32. The number of hydrogen-bond donors (Lipinski definition) is 0. The Labute approximate surface area is 115 Å². The van der Waals surface area contributed by atoms with Crippen molar-refractivity contribution in [1.29, 1.82) is 0 Å². The van der Waals surface area contributed by atoms with Crippen LogP contribution in [0.4, 0.5) is 13.2 Å². The Morgan fingerprint density at radius 2 is 2.06 bits per heavy atom. The van der Waals surface area contributed by atoms with Gasteiger partial charge in [0.15, 0.2) is 6.10 Å². The number of carbonyl (C=O) groups excluding carboxylic acids is 1. The molecule has 1 aromatic rings. The van der Waals surface area contributed by atoms with E-state index >= 15 is 0 Å². The second-order valence-electron chi connectivity index (χ2n) is 3.75. The summed E-state index contributed by atoms with van der Waals surface area (Å²) in [6.45, 7) is 1.82. The van der Waals surface area contributed by atoms with Gasteiger partial charge in [-0.15, -0.1) is 0 Å². The van der Waals surface area contributed by atoms with Crippen LogP contribution in [-0.4, -0.2) is 17.3 Å². The van der Waals surface area contributed by atoms with Crippen molar-refractivity contribution in [3.8, 4) is 5.75 Å². The van der Waals surface area contributed by atoms with Crippen LogP contribution in [0.3, 0.4) is 0 Å². The fourth-order valence-electron chi connectivity index (χ4n) is 1.07. The summed E-state index contributed by atoms with van der Waals surface area (Å²) in [4.78, 5) is 11.1. The highest BCUT2D eigenvalue weighted by Crippen LogP contribution is 2.31. The molecule has 1 atom stereocenters. The van der Waals surface area contributed by atoms with Crippen molar-refractivity contribution in [1.82, 2.24) is 0 Å². The van der Waals surface area contributed by atoms with Crippen molar-refractivity contribution >= 4 is 32.8 Å². The van der Waals surface area contributed by atoms with Gasteiger partial charge in [0.25, 0.3) is 11.2 Å². The maximum Gasteiger partial charge on any atom is 0.281 e. The first-order valence-corrected chi connectivity index (χ1v) is 6.03. The molecule has 2 nitrogen and oxygen atoms in total. The van der Waals surface area contributed by atoms with Crippen LogP contribution in [0.1, 0.15) is 24.2 Å². The zero-order chi connectivity index (χ0) is 14.1. The van der Waals surface area contributed by atoms with Crippen LogP contribution >= 0.6 is 27.5 Å². The molecule has 1 rings (SSSR count). The van der Waals surface area contributed by atoms with E-state index in [1.54, 1.807) is 0 Å². The number of carbonyl (C=O) groups is 1. The molecular weight excluding hydrogens is 336 g/mol. The first-order valence-electron chi connectivity index (χ1n) is 4.86. The summed E-state index contributed by atoms with van der Waals surface area (Å²) in [5.41, 5.74) is -0.298. The lowest BCUT2D eigenvalue weighted by Gasteiger charge is -2.22. The summed E-state index contributed by atoms with van der Waals surface area (Å²) in [6, 6.07) is 1.92. The van der Waals surface area contributed by atoms with Gasteiger partial charge >= 0.3 is 0 Å². The van der Waals surface area contributed by atoms with E-state index in [2.05, 4.69) is 15.9 Å². The zero-order valence-corrected chi connectivity index (χ0v) is 11.8. The summed E-state index contributed by atoms with van der Waals surface area (Å²) in [5.74, 6) is -4.03. The van der Waals surface area contributed by atoms with Gasteiger partial charge in [0.2, 0.25) is 0 Å². The van der Waals surface area contributed by atoms with Gasteiger partial charge in [0, 0.05) is 6.92 Å². The number of alkyl halides is 2. The van der Waals surface area contributed by atoms with E-state index in [4.69, 9.17) is 16.3 Å². The minimum atomic E-state index is -3.10. The maximum absolute atomic E-state index is 13.2. The topological polar surface area (TPSA) is 26.3 Å². The average molecular weight is 346 g/mol. The molecule has 7 heteroatoms. The fraction of sp³-hybridized carbons (Fsp3) is 0.364. The fourth-order valence-corrected chi connectivity index (χ4v) is 1.54. The number of ether oxygens (including phenoxy) is 1. The molecule has 100 valence electrons. The highest BCUT2D eigenvalue weighted by Gasteiger charge is 2.33. The number of rotatable bonds is 4. The van der Waals surface area contributed by atoms with E-state index in [0.29, 0.717) is 6.92 Å². The molecule has 0 N–H and O–H groups in total. The van der Waals surface area contributed by atoms with Gasteiger partial charge in [0.05, 0.1) is 10.0 Å². The largest absolute Gasteiger partial charge is 0.484 e. The molecule has 0 bridgehead atoms. The van der Waals surface area contributed by atoms with E-state index in [-0.39, 0.29) is 15.8 Å². The second-order valence-corrected chi connectivity index (χ2v) is 4.95. The van der Waals surface area contributed by atoms with Crippen LogP contribution in [0.5, 0.6) is 5.75 Å². The number of benzene rings is 1. The third-order valence-electron chi connectivity index (χ3n) is 2.25.